The van der Waals surface area contributed by atoms with Crippen LogP contribution >= 0.6 is 0 Å². The Morgan fingerprint density at radius 3 is 2.44 bits per heavy atom. The summed E-state index contributed by atoms with van der Waals surface area (Å²) in [6.45, 7) is 6.77. The Hall–Kier alpha value is -3.04. The highest BCUT2D eigenvalue weighted by Gasteiger charge is 2.11. The second-order valence-electron chi connectivity index (χ2n) is 6.90. The van der Waals surface area contributed by atoms with Crippen molar-refractivity contribution in [3.63, 3.8) is 0 Å². The summed E-state index contributed by atoms with van der Waals surface area (Å²) < 4.78 is 0. The van der Waals surface area contributed by atoms with Crippen molar-refractivity contribution in [3.8, 4) is 22.4 Å². The molecule has 0 spiro atoms. The van der Waals surface area contributed by atoms with Crippen LogP contribution in [0.5, 0.6) is 0 Å². The van der Waals surface area contributed by atoms with Crippen molar-refractivity contribution in [3.05, 3.63) is 90.9 Å². The molecule has 0 fully saturated rings. The molecular weight excluding hydrogens is 330 g/mol. The molecule has 27 heavy (non-hydrogen) atoms. The van der Waals surface area contributed by atoms with Crippen LogP contribution in [0.3, 0.4) is 0 Å². The summed E-state index contributed by atoms with van der Waals surface area (Å²) in [7, 11) is 4.12. The molecule has 0 aliphatic rings. The van der Waals surface area contributed by atoms with Crippen molar-refractivity contribution in [1.82, 2.24) is 14.9 Å². The van der Waals surface area contributed by atoms with Gasteiger partial charge in [-0.25, -0.2) is 4.98 Å². The minimum Gasteiger partial charge on any atom is -0.305 e. The Kier molecular flexibility index (Phi) is 5.94. The number of pyridine rings is 2. The maximum atomic E-state index is 4.94. The summed E-state index contributed by atoms with van der Waals surface area (Å²) >= 11 is 0. The Morgan fingerprint density at radius 2 is 1.81 bits per heavy atom. The van der Waals surface area contributed by atoms with Gasteiger partial charge in [0.2, 0.25) is 0 Å². The van der Waals surface area contributed by atoms with Crippen molar-refractivity contribution in [2.24, 2.45) is 0 Å². The number of benzene rings is 1. The van der Waals surface area contributed by atoms with Gasteiger partial charge in [0.05, 0.1) is 11.4 Å². The third-order valence-electron chi connectivity index (χ3n) is 4.30. The van der Waals surface area contributed by atoms with Crippen LogP contribution in [0.1, 0.15) is 11.3 Å². The van der Waals surface area contributed by atoms with Crippen LogP contribution in [0.4, 0.5) is 0 Å². The first-order valence-electron chi connectivity index (χ1n) is 9.03. The number of hydrogen-bond donors (Lipinski definition) is 0. The lowest BCUT2D eigenvalue weighted by molar-refractivity contribution is 0.462. The molecule has 0 saturated carbocycles. The van der Waals surface area contributed by atoms with Gasteiger partial charge >= 0.3 is 0 Å². The molecule has 0 atom stereocenters. The van der Waals surface area contributed by atoms with Crippen molar-refractivity contribution >= 4 is 5.57 Å². The number of hydrogen-bond acceptors (Lipinski definition) is 3. The summed E-state index contributed by atoms with van der Waals surface area (Å²) in [6.07, 6.45) is 7.49. The van der Waals surface area contributed by atoms with Crippen molar-refractivity contribution in [2.45, 2.75) is 6.92 Å². The molecule has 3 aromatic rings. The molecule has 0 aliphatic heterocycles. The standard InChI is InChI=1S/C24H25N3/c1-5-7-21(17-27(3)4)24-15-22(19-11-9-18(2)10-12-19)14-23(26-24)20-8-6-13-25-16-20/h5-16H,1,17H2,2-4H3/b21-7+. The highest BCUT2D eigenvalue weighted by molar-refractivity contribution is 5.76. The van der Waals surface area contributed by atoms with E-state index in [2.05, 4.69) is 73.9 Å². The highest BCUT2D eigenvalue weighted by atomic mass is 15.1. The van der Waals surface area contributed by atoms with Gasteiger partial charge in [-0.2, -0.15) is 0 Å². The summed E-state index contributed by atoms with van der Waals surface area (Å²) in [5.41, 5.74) is 7.60. The first-order chi connectivity index (χ1) is 13.1. The molecule has 0 radical (unpaired) electrons. The van der Waals surface area contributed by atoms with Crippen LogP contribution in [0.15, 0.2) is 79.7 Å². The second-order valence-corrected chi connectivity index (χ2v) is 6.90. The number of aromatic nitrogens is 2. The van der Waals surface area contributed by atoms with Crippen molar-refractivity contribution in [2.75, 3.05) is 20.6 Å². The topological polar surface area (TPSA) is 29.0 Å². The number of rotatable bonds is 6. The summed E-state index contributed by atoms with van der Waals surface area (Å²) in [5.74, 6) is 0. The molecule has 3 rings (SSSR count). The fourth-order valence-electron chi connectivity index (χ4n) is 2.97. The maximum Gasteiger partial charge on any atom is 0.0731 e. The van der Waals surface area contributed by atoms with E-state index in [0.29, 0.717) is 0 Å². The monoisotopic (exact) mass is 355 g/mol. The van der Waals surface area contributed by atoms with Crippen molar-refractivity contribution < 1.29 is 0 Å². The number of allylic oxidation sites excluding steroid dienone is 2. The van der Waals surface area contributed by atoms with Crippen LogP contribution < -0.4 is 0 Å². The van der Waals surface area contributed by atoms with Gasteiger partial charge in [-0.1, -0.05) is 48.6 Å². The summed E-state index contributed by atoms with van der Waals surface area (Å²) in [4.78, 5) is 11.3. The van der Waals surface area contributed by atoms with Crippen LogP contribution in [0.25, 0.3) is 28.0 Å². The molecule has 2 aromatic heterocycles. The van der Waals surface area contributed by atoms with E-state index in [0.717, 1.165) is 34.6 Å². The van der Waals surface area contributed by atoms with Gasteiger partial charge in [-0.15, -0.1) is 0 Å². The van der Waals surface area contributed by atoms with E-state index in [1.807, 2.05) is 30.5 Å². The molecule has 0 amide bonds. The normalized spacial score (nSPS) is 11.6. The maximum absolute atomic E-state index is 4.94. The zero-order valence-electron chi connectivity index (χ0n) is 16.2. The lowest BCUT2D eigenvalue weighted by Crippen LogP contribution is -2.15. The van der Waals surface area contributed by atoms with Crippen LogP contribution in [0.2, 0.25) is 0 Å². The average Bonchev–Trinajstić information content (AvgIpc) is 2.68. The van der Waals surface area contributed by atoms with Crippen LogP contribution in [-0.2, 0) is 0 Å². The first kappa shape index (κ1) is 18.7. The lowest BCUT2D eigenvalue weighted by atomic mass is 9.99. The summed E-state index contributed by atoms with van der Waals surface area (Å²) in [5, 5.41) is 0. The fourth-order valence-corrected chi connectivity index (χ4v) is 2.97. The third kappa shape index (κ3) is 4.78. The average molecular weight is 355 g/mol. The van der Waals surface area contributed by atoms with E-state index >= 15 is 0 Å². The van der Waals surface area contributed by atoms with Crippen molar-refractivity contribution in [1.29, 1.82) is 0 Å². The quantitative estimate of drug-likeness (QED) is 0.566. The van der Waals surface area contributed by atoms with Gasteiger partial charge in [-0.05, 0) is 62.0 Å². The number of aryl methyl sites for hydroxylation is 1. The molecule has 1 aromatic carbocycles. The molecule has 0 unspecified atom stereocenters. The van der Waals surface area contributed by atoms with Gasteiger partial charge < -0.3 is 4.90 Å². The smallest absolute Gasteiger partial charge is 0.0731 e. The molecule has 136 valence electrons. The largest absolute Gasteiger partial charge is 0.305 e. The van der Waals surface area contributed by atoms with E-state index < -0.39 is 0 Å². The molecule has 0 aliphatic carbocycles. The molecule has 3 nitrogen and oxygen atoms in total. The summed E-state index contributed by atoms with van der Waals surface area (Å²) in [6, 6.07) is 16.9. The predicted octanol–water partition coefficient (Wildman–Crippen LogP) is 5.25. The van der Waals surface area contributed by atoms with Gasteiger partial charge in [0.15, 0.2) is 0 Å². The molecule has 3 heteroatoms. The first-order valence-corrected chi connectivity index (χ1v) is 9.03. The molecule has 2 heterocycles. The van der Waals surface area contributed by atoms with E-state index in [9.17, 15) is 0 Å². The minimum absolute atomic E-state index is 0.794. The van der Waals surface area contributed by atoms with E-state index in [1.54, 1.807) is 6.20 Å². The van der Waals surface area contributed by atoms with E-state index in [-0.39, 0.29) is 0 Å². The minimum atomic E-state index is 0.794. The fraction of sp³-hybridized carbons (Fsp3) is 0.167. The zero-order chi connectivity index (χ0) is 19.2. The SMILES string of the molecule is C=C/C=C(\CN(C)C)c1cc(-c2ccc(C)cc2)cc(-c2cccnc2)n1. The van der Waals surface area contributed by atoms with Gasteiger partial charge in [0, 0.05) is 24.5 Å². The van der Waals surface area contributed by atoms with Gasteiger partial charge in [0.25, 0.3) is 0 Å². The highest BCUT2D eigenvalue weighted by Crippen LogP contribution is 2.28. The third-order valence-corrected chi connectivity index (χ3v) is 4.30. The Bertz CT molecular complexity index is 939. The van der Waals surface area contributed by atoms with Crippen LogP contribution in [0, 0.1) is 6.92 Å². The molecular formula is C24H25N3. The number of likely N-dealkylation sites (N-methyl/N-ethyl adjacent to an activating group) is 1. The Morgan fingerprint density at radius 1 is 1.04 bits per heavy atom. The molecule has 0 N–H and O–H groups in total. The predicted molar refractivity (Wildman–Crippen MR) is 114 cm³/mol. The van der Waals surface area contributed by atoms with E-state index in [1.165, 1.54) is 11.1 Å². The second kappa shape index (κ2) is 8.56. The van der Waals surface area contributed by atoms with Crippen LogP contribution in [-0.4, -0.2) is 35.5 Å². The zero-order valence-corrected chi connectivity index (χ0v) is 16.2. The van der Waals surface area contributed by atoms with E-state index in [4.69, 9.17) is 4.98 Å². The van der Waals surface area contributed by atoms with Gasteiger partial charge in [0.1, 0.15) is 0 Å². The number of nitrogens with zero attached hydrogens (tertiary/aromatic N) is 3. The van der Waals surface area contributed by atoms with Gasteiger partial charge in [-0.3, -0.25) is 4.98 Å². The molecule has 0 saturated heterocycles. The lowest BCUT2D eigenvalue weighted by Gasteiger charge is -2.15. The Labute approximate surface area is 161 Å². The molecule has 0 bridgehead atoms. The Balaban J connectivity index is 2.17.